The molecule has 0 aromatic heterocycles. The first-order valence-electron chi connectivity index (χ1n) is 4.51. The molecule has 0 amide bonds. The maximum atomic E-state index is 11.6. The second-order valence-corrected chi connectivity index (χ2v) is 3.92. The Balaban J connectivity index is 2.56. The van der Waals surface area contributed by atoms with Crippen molar-refractivity contribution in [2.75, 3.05) is 0 Å². The van der Waals surface area contributed by atoms with Gasteiger partial charge < -0.3 is 10.8 Å². The molecular formula is C11H10ClNO2. The van der Waals surface area contributed by atoms with Crippen LogP contribution in [0.3, 0.4) is 0 Å². The lowest BCUT2D eigenvalue weighted by molar-refractivity contribution is -0.121. The first-order chi connectivity index (χ1) is 7.06. The van der Waals surface area contributed by atoms with Crippen LogP contribution in [0.2, 0.25) is 5.02 Å². The van der Waals surface area contributed by atoms with Crippen LogP contribution < -0.4 is 5.73 Å². The van der Waals surface area contributed by atoms with E-state index in [0.717, 1.165) is 0 Å². The lowest BCUT2D eigenvalue weighted by atomic mass is 9.86. The Bertz CT molecular complexity index is 444. The standard InChI is InChI=1S/C11H10ClNO2/c12-8-4-2-1-3-7(8)11(13)9(14)5-6-10(11)15/h1-6,9,14H,13H2/t9-,11?/m1/s1. The van der Waals surface area contributed by atoms with E-state index >= 15 is 0 Å². The fourth-order valence-corrected chi connectivity index (χ4v) is 1.99. The molecule has 1 aromatic rings. The number of benzene rings is 1. The van der Waals surface area contributed by atoms with Crippen molar-refractivity contribution in [2.45, 2.75) is 11.6 Å². The normalized spacial score (nSPS) is 29.8. The summed E-state index contributed by atoms with van der Waals surface area (Å²) in [6.45, 7) is 0. The van der Waals surface area contributed by atoms with Gasteiger partial charge in [-0.2, -0.15) is 0 Å². The fraction of sp³-hybridized carbons (Fsp3) is 0.182. The van der Waals surface area contributed by atoms with Crippen LogP contribution in [-0.2, 0) is 10.3 Å². The van der Waals surface area contributed by atoms with E-state index in [4.69, 9.17) is 17.3 Å². The van der Waals surface area contributed by atoms with E-state index < -0.39 is 11.6 Å². The minimum atomic E-state index is -1.43. The van der Waals surface area contributed by atoms with Crippen molar-refractivity contribution in [3.8, 4) is 0 Å². The van der Waals surface area contributed by atoms with Gasteiger partial charge in [0.25, 0.3) is 0 Å². The molecule has 3 nitrogen and oxygen atoms in total. The summed E-state index contributed by atoms with van der Waals surface area (Å²) in [5.74, 6) is -0.330. The Hall–Kier alpha value is -1.16. The number of ketones is 1. The van der Waals surface area contributed by atoms with Crippen LogP contribution in [-0.4, -0.2) is 17.0 Å². The van der Waals surface area contributed by atoms with Crippen LogP contribution in [0, 0.1) is 0 Å². The van der Waals surface area contributed by atoms with Crippen molar-refractivity contribution in [3.63, 3.8) is 0 Å². The van der Waals surface area contributed by atoms with Gasteiger partial charge in [-0.15, -0.1) is 0 Å². The van der Waals surface area contributed by atoms with Crippen molar-refractivity contribution >= 4 is 17.4 Å². The average Bonchev–Trinajstić information content (AvgIpc) is 2.48. The summed E-state index contributed by atoms with van der Waals surface area (Å²) in [6, 6.07) is 6.77. The Kier molecular flexibility index (Phi) is 2.38. The van der Waals surface area contributed by atoms with Crippen LogP contribution in [0.15, 0.2) is 36.4 Å². The quantitative estimate of drug-likeness (QED) is 0.747. The van der Waals surface area contributed by atoms with Crippen molar-refractivity contribution < 1.29 is 9.90 Å². The number of carbonyl (C=O) groups is 1. The predicted molar refractivity (Wildman–Crippen MR) is 57.5 cm³/mol. The first-order valence-corrected chi connectivity index (χ1v) is 4.89. The van der Waals surface area contributed by atoms with Gasteiger partial charge in [-0.1, -0.05) is 29.8 Å². The number of aliphatic hydroxyl groups is 1. The summed E-state index contributed by atoms with van der Waals surface area (Å²) in [5, 5.41) is 10.1. The molecule has 0 spiro atoms. The van der Waals surface area contributed by atoms with Crippen LogP contribution >= 0.6 is 11.6 Å². The number of carbonyl (C=O) groups excluding carboxylic acids is 1. The molecule has 3 N–H and O–H groups in total. The first kappa shape index (κ1) is 10.4. The van der Waals surface area contributed by atoms with E-state index in [9.17, 15) is 9.90 Å². The molecule has 0 saturated heterocycles. The zero-order valence-corrected chi connectivity index (χ0v) is 8.61. The number of hydrogen-bond acceptors (Lipinski definition) is 3. The van der Waals surface area contributed by atoms with Gasteiger partial charge >= 0.3 is 0 Å². The minimum Gasteiger partial charge on any atom is -0.386 e. The topological polar surface area (TPSA) is 63.3 Å². The third kappa shape index (κ3) is 1.40. The van der Waals surface area contributed by atoms with Crippen LogP contribution in [0.1, 0.15) is 5.56 Å². The molecule has 1 aliphatic carbocycles. The molecule has 2 rings (SSSR count). The van der Waals surface area contributed by atoms with E-state index in [0.29, 0.717) is 10.6 Å². The number of nitrogens with two attached hydrogens (primary N) is 1. The third-order valence-corrected chi connectivity index (χ3v) is 2.95. The molecule has 0 fully saturated rings. The van der Waals surface area contributed by atoms with Gasteiger partial charge in [-0.05, 0) is 18.2 Å². The van der Waals surface area contributed by atoms with Gasteiger partial charge in [0.1, 0.15) is 11.6 Å². The maximum Gasteiger partial charge on any atom is 0.182 e. The zero-order chi connectivity index (χ0) is 11.1. The molecule has 0 aliphatic heterocycles. The summed E-state index contributed by atoms with van der Waals surface area (Å²) in [5.41, 5.74) is 4.94. The summed E-state index contributed by atoms with van der Waals surface area (Å²) >= 11 is 5.95. The maximum absolute atomic E-state index is 11.6. The number of hydrogen-bond donors (Lipinski definition) is 2. The molecule has 1 aliphatic rings. The van der Waals surface area contributed by atoms with Crippen molar-refractivity contribution in [3.05, 3.63) is 47.0 Å². The molecule has 0 bridgehead atoms. The average molecular weight is 224 g/mol. The van der Waals surface area contributed by atoms with Crippen LogP contribution in [0.5, 0.6) is 0 Å². The van der Waals surface area contributed by atoms with Crippen molar-refractivity contribution in [1.29, 1.82) is 0 Å². The molecule has 0 saturated carbocycles. The molecule has 0 radical (unpaired) electrons. The molecule has 15 heavy (non-hydrogen) atoms. The highest BCUT2D eigenvalue weighted by Crippen LogP contribution is 2.33. The number of rotatable bonds is 1. The largest absolute Gasteiger partial charge is 0.386 e. The molecule has 4 heteroatoms. The summed E-state index contributed by atoms with van der Waals surface area (Å²) in [4.78, 5) is 11.6. The third-order valence-electron chi connectivity index (χ3n) is 2.62. The Morgan fingerprint density at radius 1 is 1.40 bits per heavy atom. The van der Waals surface area contributed by atoms with E-state index in [1.54, 1.807) is 24.3 Å². The number of aliphatic hydroxyl groups excluding tert-OH is 1. The molecule has 1 unspecified atom stereocenters. The summed E-state index contributed by atoms with van der Waals surface area (Å²) in [6.07, 6.45) is 1.64. The van der Waals surface area contributed by atoms with Crippen molar-refractivity contribution in [2.24, 2.45) is 5.73 Å². The Morgan fingerprint density at radius 3 is 2.60 bits per heavy atom. The monoisotopic (exact) mass is 223 g/mol. The second-order valence-electron chi connectivity index (χ2n) is 3.52. The van der Waals surface area contributed by atoms with Crippen LogP contribution in [0.4, 0.5) is 0 Å². The molecule has 2 atom stereocenters. The second kappa shape index (κ2) is 3.45. The number of halogens is 1. The predicted octanol–water partition coefficient (Wildman–Crippen LogP) is 0.994. The van der Waals surface area contributed by atoms with Gasteiger partial charge in [-0.25, -0.2) is 0 Å². The fourth-order valence-electron chi connectivity index (χ4n) is 1.70. The SMILES string of the molecule is NC1(c2ccccc2Cl)C(=O)C=C[C@H]1O. The van der Waals surface area contributed by atoms with E-state index in [1.807, 2.05) is 0 Å². The van der Waals surface area contributed by atoms with E-state index in [-0.39, 0.29) is 5.78 Å². The Morgan fingerprint density at radius 2 is 2.07 bits per heavy atom. The highest BCUT2D eigenvalue weighted by molar-refractivity contribution is 6.32. The lowest BCUT2D eigenvalue weighted by Crippen LogP contribution is -2.50. The zero-order valence-electron chi connectivity index (χ0n) is 7.85. The highest BCUT2D eigenvalue weighted by atomic mass is 35.5. The van der Waals surface area contributed by atoms with Crippen molar-refractivity contribution in [1.82, 2.24) is 0 Å². The lowest BCUT2D eigenvalue weighted by Gasteiger charge is -2.27. The van der Waals surface area contributed by atoms with Gasteiger partial charge in [-0.3, -0.25) is 4.79 Å². The van der Waals surface area contributed by atoms with Gasteiger partial charge in [0, 0.05) is 10.6 Å². The van der Waals surface area contributed by atoms with Gasteiger partial charge in [0.2, 0.25) is 0 Å². The smallest absolute Gasteiger partial charge is 0.182 e. The Labute approximate surface area is 92.2 Å². The molecule has 1 aromatic carbocycles. The van der Waals surface area contributed by atoms with Crippen LogP contribution in [0.25, 0.3) is 0 Å². The molecule has 0 heterocycles. The van der Waals surface area contributed by atoms with Gasteiger partial charge in [0.05, 0.1) is 0 Å². The molecule has 78 valence electrons. The van der Waals surface area contributed by atoms with E-state index in [1.165, 1.54) is 12.2 Å². The van der Waals surface area contributed by atoms with Gasteiger partial charge in [0.15, 0.2) is 5.78 Å². The van der Waals surface area contributed by atoms with E-state index in [2.05, 4.69) is 0 Å². The summed E-state index contributed by atoms with van der Waals surface area (Å²) < 4.78 is 0. The summed E-state index contributed by atoms with van der Waals surface area (Å²) in [7, 11) is 0. The highest BCUT2D eigenvalue weighted by Gasteiger charge is 2.45. The minimum absolute atomic E-state index is 0.330. The molecular weight excluding hydrogens is 214 g/mol.